The SMILES string of the molecule is Cc1cc(C)c(Nc2nc(C)c3c(n2)N(CCC2CCCN2C)CC3)c(C)c1. The molecule has 1 aromatic heterocycles. The minimum Gasteiger partial charge on any atom is -0.356 e. The minimum atomic E-state index is 0.719. The first-order valence-corrected chi connectivity index (χ1v) is 10.6. The summed E-state index contributed by atoms with van der Waals surface area (Å²) in [7, 11) is 2.26. The zero-order valence-electron chi connectivity index (χ0n) is 18.0. The van der Waals surface area contributed by atoms with Crippen LogP contribution in [0.15, 0.2) is 12.1 Å². The molecule has 1 aromatic carbocycles. The largest absolute Gasteiger partial charge is 0.356 e. The van der Waals surface area contributed by atoms with Crippen molar-refractivity contribution in [2.45, 2.75) is 59.4 Å². The van der Waals surface area contributed by atoms with Crippen LogP contribution < -0.4 is 10.2 Å². The van der Waals surface area contributed by atoms with Crippen LogP contribution in [0.1, 0.15) is 47.2 Å². The number of aromatic nitrogens is 2. The van der Waals surface area contributed by atoms with Gasteiger partial charge in [-0.05, 0) is 78.1 Å². The van der Waals surface area contributed by atoms with E-state index < -0.39 is 0 Å². The molecule has 2 aromatic rings. The van der Waals surface area contributed by atoms with Crippen LogP contribution in [0.2, 0.25) is 0 Å². The Hall–Kier alpha value is -2.14. The lowest BCUT2D eigenvalue weighted by Gasteiger charge is -2.24. The van der Waals surface area contributed by atoms with E-state index in [0.717, 1.165) is 48.7 Å². The predicted molar refractivity (Wildman–Crippen MR) is 117 cm³/mol. The summed E-state index contributed by atoms with van der Waals surface area (Å²) in [6.07, 6.45) is 4.95. The molecular weight excluding hydrogens is 346 g/mol. The van der Waals surface area contributed by atoms with Crippen LogP contribution in [0.25, 0.3) is 0 Å². The first kappa shape index (κ1) is 19.2. The van der Waals surface area contributed by atoms with Gasteiger partial charge in [-0.15, -0.1) is 0 Å². The number of anilines is 3. The topological polar surface area (TPSA) is 44.3 Å². The van der Waals surface area contributed by atoms with Gasteiger partial charge in [-0.2, -0.15) is 4.98 Å². The van der Waals surface area contributed by atoms with E-state index in [1.807, 2.05) is 0 Å². The van der Waals surface area contributed by atoms with Gasteiger partial charge in [-0.25, -0.2) is 4.98 Å². The lowest BCUT2D eigenvalue weighted by Crippen LogP contribution is -2.31. The Morgan fingerprint density at radius 1 is 1.07 bits per heavy atom. The summed E-state index contributed by atoms with van der Waals surface area (Å²) in [6, 6.07) is 5.14. The van der Waals surface area contributed by atoms with Gasteiger partial charge in [-0.3, -0.25) is 0 Å². The van der Waals surface area contributed by atoms with E-state index in [1.54, 1.807) is 0 Å². The van der Waals surface area contributed by atoms with Crippen LogP contribution in [-0.2, 0) is 6.42 Å². The number of hydrogen-bond acceptors (Lipinski definition) is 5. The Kier molecular flexibility index (Phi) is 5.28. The fourth-order valence-corrected chi connectivity index (χ4v) is 4.90. The third-order valence-electron chi connectivity index (χ3n) is 6.44. The van der Waals surface area contributed by atoms with E-state index in [-0.39, 0.29) is 0 Å². The Morgan fingerprint density at radius 3 is 2.50 bits per heavy atom. The molecule has 2 aliphatic heterocycles. The summed E-state index contributed by atoms with van der Waals surface area (Å²) in [6.45, 7) is 11.9. The van der Waals surface area contributed by atoms with E-state index in [0.29, 0.717) is 0 Å². The molecule has 1 unspecified atom stereocenters. The molecule has 1 saturated heterocycles. The Labute approximate surface area is 169 Å². The molecule has 2 aliphatic rings. The second-order valence-electron chi connectivity index (χ2n) is 8.64. The number of nitrogens with zero attached hydrogens (tertiary/aromatic N) is 4. The van der Waals surface area contributed by atoms with Crippen molar-refractivity contribution in [2.75, 3.05) is 36.9 Å². The van der Waals surface area contributed by atoms with Gasteiger partial charge in [0.1, 0.15) is 5.82 Å². The number of nitrogens with one attached hydrogen (secondary N) is 1. The average molecular weight is 380 g/mol. The van der Waals surface area contributed by atoms with Crippen LogP contribution in [0.3, 0.4) is 0 Å². The second-order valence-corrected chi connectivity index (χ2v) is 8.64. The van der Waals surface area contributed by atoms with Crippen molar-refractivity contribution < 1.29 is 0 Å². The molecule has 28 heavy (non-hydrogen) atoms. The van der Waals surface area contributed by atoms with Crippen molar-refractivity contribution in [3.8, 4) is 0 Å². The van der Waals surface area contributed by atoms with Crippen molar-refractivity contribution in [3.63, 3.8) is 0 Å². The number of benzene rings is 1. The van der Waals surface area contributed by atoms with Crippen molar-refractivity contribution >= 4 is 17.5 Å². The summed E-state index contributed by atoms with van der Waals surface area (Å²) < 4.78 is 0. The van der Waals surface area contributed by atoms with Crippen molar-refractivity contribution in [2.24, 2.45) is 0 Å². The zero-order valence-corrected chi connectivity index (χ0v) is 18.0. The normalized spacial score (nSPS) is 19.3. The monoisotopic (exact) mass is 379 g/mol. The van der Waals surface area contributed by atoms with Crippen LogP contribution in [0, 0.1) is 27.7 Å². The molecule has 0 spiro atoms. The first-order valence-electron chi connectivity index (χ1n) is 10.6. The Morgan fingerprint density at radius 2 is 1.82 bits per heavy atom. The quantitative estimate of drug-likeness (QED) is 0.839. The number of rotatable bonds is 5. The molecule has 1 N–H and O–H groups in total. The predicted octanol–water partition coefficient (Wildman–Crippen LogP) is 4.30. The highest BCUT2D eigenvalue weighted by Gasteiger charge is 2.27. The molecule has 0 amide bonds. The number of likely N-dealkylation sites (tertiary alicyclic amines) is 1. The molecule has 0 saturated carbocycles. The molecule has 5 nitrogen and oxygen atoms in total. The average Bonchev–Trinajstić information content (AvgIpc) is 3.22. The summed E-state index contributed by atoms with van der Waals surface area (Å²) in [4.78, 5) is 14.7. The lowest BCUT2D eigenvalue weighted by molar-refractivity contribution is 0.298. The second kappa shape index (κ2) is 7.70. The first-order chi connectivity index (χ1) is 13.4. The summed E-state index contributed by atoms with van der Waals surface area (Å²) in [5.74, 6) is 1.86. The van der Waals surface area contributed by atoms with Crippen LogP contribution >= 0.6 is 0 Å². The van der Waals surface area contributed by atoms with Crippen LogP contribution in [0.5, 0.6) is 0 Å². The van der Waals surface area contributed by atoms with Gasteiger partial charge in [0.2, 0.25) is 5.95 Å². The standard InChI is InChI=1S/C23H33N5/c1-15-13-16(2)21(17(3)14-15)25-23-24-18(4)20-9-12-28(22(20)26-23)11-8-19-7-6-10-27(19)5/h13-14,19H,6-12H2,1-5H3,(H,24,25,26). The molecule has 3 heterocycles. The number of hydrogen-bond donors (Lipinski definition) is 1. The van der Waals surface area contributed by atoms with Crippen LogP contribution in [-0.4, -0.2) is 47.6 Å². The third-order valence-corrected chi connectivity index (χ3v) is 6.44. The zero-order chi connectivity index (χ0) is 19.8. The van der Waals surface area contributed by atoms with Gasteiger partial charge in [-0.1, -0.05) is 17.7 Å². The highest BCUT2D eigenvalue weighted by atomic mass is 15.3. The minimum absolute atomic E-state index is 0.719. The highest BCUT2D eigenvalue weighted by molar-refractivity contribution is 5.66. The molecule has 4 rings (SSSR count). The van der Waals surface area contributed by atoms with Gasteiger partial charge < -0.3 is 15.1 Å². The van der Waals surface area contributed by atoms with E-state index in [2.05, 4.69) is 62.0 Å². The molecule has 0 aliphatic carbocycles. The Bertz CT molecular complexity index is 853. The van der Waals surface area contributed by atoms with Crippen molar-refractivity contribution in [3.05, 3.63) is 40.1 Å². The van der Waals surface area contributed by atoms with E-state index in [1.165, 1.54) is 48.1 Å². The van der Waals surface area contributed by atoms with E-state index in [9.17, 15) is 0 Å². The van der Waals surface area contributed by atoms with Gasteiger partial charge in [0.05, 0.1) is 0 Å². The lowest BCUT2D eigenvalue weighted by atomic mass is 10.1. The van der Waals surface area contributed by atoms with Gasteiger partial charge in [0.25, 0.3) is 0 Å². The molecule has 5 heteroatoms. The van der Waals surface area contributed by atoms with E-state index in [4.69, 9.17) is 9.97 Å². The molecular formula is C23H33N5. The number of fused-ring (bicyclic) bond motifs is 1. The smallest absolute Gasteiger partial charge is 0.229 e. The molecule has 0 radical (unpaired) electrons. The van der Waals surface area contributed by atoms with Gasteiger partial charge in [0.15, 0.2) is 0 Å². The van der Waals surface area contributed by atoms with Gasteiger partial charge >= 0.3 is 0 Å². The Balaban J connectivity index is 1.55. The molecule has 0 bridgehead atoms. The van der Waals surface area contributed by atoms with Crippen molar-refractivity contribution in [1.29, 1.82) is 0 Å². The van der Waals surface area contributed by atoms with Gasteiger partial charge in [0, 0.05) is 36.1 Å². The summed E-state index contributed by atoms with van der Waals surface area (Å²) in [5.41, 5.74) is 7.32. The maximum atomic E-state index is 4.95. The maximum absolute atomic E-state index is 4.95. The molecule has 1 atom stereocenters. The van der Waals surface area contributed by atoms with Crippen LogP contribution in [0.4, 0.5) is 17.5 Å². The van der Waals surface area contributed by atoms with E-state index >= 15 is 0 Å². The summed E-state index contributed by atoms with van der Waals surface area (Å²) >= 11 is 0. The molecule has 150 valence electrons. The number of aryl methyl sites for hydroxylation is 4. The third kappa shape index (κ3) is 3.72. The highest BCUT2D eigenvalue weighted by Crippen LogP contribution is 2.32. The summed E-state index contributed by atoms with van der Waals surface area (Å²) in [5, 5.41) is 3.51. The fourth-order valence-electron chi connectivity index (χ4n) is 4.90. The van der Waals surface area contributed by atoms with Crippen molar-refractivity contribution in [1.82, 2.24) is 14.9 Å². The fraction of sp³-hybridized carbons (Fsp3) is 0.565. The molecule has 1 fully saturated rings. The maximum Gasteiger partial charge on any atom is 0.229 e.